The maximum Gasteiger partial charge on any atom is 0.412 e. The summed E-state index contributed by atoms with van der Waals surface area (Å²) in [6.45, 7) is 0.493. The monoisotopic (exact) mass is 358 g/mol. The summed E-state index contributed by atoms with van der Waals surface area (Å²) < 4.78 is 21.9. The minimum Gasteiger partial charge on any atom is -0.459 e. The fourth-order valence-corrected chi connectivity index (χ4v) is 3.14. The Kier molecular flexibility index (Phi) is 4.59. The third kappa shape index (κ3) is 3.42. The normalized spacial score (nSPS) is 26.9. The highest BCUT2D eigenvalue weighted by molar-refractivity contribution is 5.91. The van der Waals surface area contributed by atoms with E-state index in [-0.39, 0.29) is 37.0 Å². The van der Waals surface area contributed by atoms with Crippen LogP contribution < -0.4 is 10.6 Å². The van der Waals surface area contributed by atoms with Crippen LogP contribution in [0.15, 0.2) is 53.1 Å². The SMILES string of the molecule is O=C(Nc1ccccc1)OC1COC2C(NC(=O)c3ccco3)COC12. The Hall–Kier alpha value is -2.84. The molecule has 0 bridgehead atoms. The van der Waals surface area contributed by atoms with E-state index in [9.17, 15) is 9.59 Å². The number of hydrogen-bond acceptors (Lipinski definition) is 6. The van der Waals surface area contributed by atoms with Gasteiger partial charge < -0.3 is 23.9 Å². The van der Waals surface area contributed by atoms with E-state index in [4.69, 9.17) is 18.6 Å². The Morgan fingerprint density at radius 2 is 1.81 bits per heavy atom. The first kappa shape index (κ1) is 16.6. The zero-order chi connectivity index (χ0) is 17.9. The van der Waals surface area contributed by atoms with Gasteiger partial charge in [-0.25, -0.2) is 4.79 Å². The number of carbonyl (C=O) groups excluding carboxylic acids is 2. The maximum atomic E-state index is 12.1. The van der Waals surface area contributed by atoms with Crippen molar-refractivity contribution in [3.8, 4) is 0 Å². The van der Waals surface area contributed by atoms with E-state index < -0.39 is 18.3 Å². The number of ether oxygens (including phenoxy) is 3. The molecule has 1 aromatic heterocycles. The second-order valence-corrected chi connectivity index (χ2v) is 6.09. The molecule has 2 amide bonds. The van der Waals surface area contributed by atoms with Crippen molar-refractivity contribution in [1.82, 2.24) is 5.32 Å². The Balaban J connectivity index is 1.32. The first-order valence-electron chi connectivity index (χ1n) is 8.31. The molecule has 4 rings (SSSR count). The van der Waals surface area contributed by atoms with Gasteiger partial charge in [-0.15, -0.1) is 0 Å². The molecule has 8 heteroatoms. The summed E-state index contributed by atoms with van der Waals surface area (Å²) in [6.07, 6.45) is -0.460. The molecule has 3 heterocycles. The first-order chi connectivity index (χ1) is 12.7. The summed E-state index contributed by atoms with van der Waals surface area (Å²) in [4.78, 5) is 24.1. The second kappa shape index (κ2) is 7.19. The topological polar surface area (TPSA) is 99.0 Å². The van der Waals surface area contributed by atoms with Crippen molar-refractivity contribution >= 4 is 17.7 Å². The molecule has 26 heavy (non-hydrogen) atoms. The number of hydrogen-bond donors (Lipinski definition) is 2. The summed E-state index contributed by atoms with van der Waals surface area (Å²) in [6, 6.07) is 11.9. The predicted octanol–water partition coefficient (Wildman–Crippen LogP) is 1.79. The highest BCUT2D eigenvalue weighted by atomic mass is 16.6. The molecule has 2 aliphatic heterocycles. The number of benzene rings is 1. The lowest BCUT2D eigenvalue weighted by Gasteiger charge is -2.17. The average Bonchev–Trinajstić information content (AvgIpc) is 3.36. The maximum absolute atomic E-state index is 12.1. The number of fused-ring (bicyclic) bond motifs is 1. The van der Waals surface area contributed by atoms with Gasteiger partial charge in [0.1, 0.15) is 12.2 Å². The molecule has 0 spiro atoms. The lowest BCUT2D eigenvalue weighted by Crippen LogP contribution is -2.44. The minimum atomic E-state index is -0.572. The fourth-order valence-electron chi connectivity index (χ4n) is 3.14. The van der Waals surface area contributed by atoms with Crippen LogP contribution in [-0.2, 0) is 14.2 Å². The molecule has 136 valence electrons. The summed E-state index contributed by atoms with van der Waals surface area (Å²) in [7, 11) is 0. The molecular weight excluding hydrogens is 340 g/mol. The largest absolute Gasteiger partial charge is 0.459 e. The van der Waals surface area contributed by atoms with Gasteiger partial charge in [-0.05, 0) is 24.3 Å². The van der Waals surface area contributed by atoms with E-state index in [1.807, 2.05) is 18.2 Å². The van der Waals surface area contributed by atoms with Gasteiger partial charge in [0.05, 0.1) is 25.5 Å². The van der Waals surface area contributed by atoms with E-state index in [2.05, 4.69) is 10.6 Å². The molecule has 0 aliphatic carbocycles. The third-order valence-corrected chi connectivity index (χ3v) is 4.35. The van der Waals surface area contributed by atoms with Crippen LogP contribution in [0.4, 0.5) is 10.5 Å². The number of carbonyl (C=O) groups is 2. The molecule has 2 fully saturated rings. The molecule has 1 aromatic carbocycles. The van der Waals surface area contributed by atoms with Crippen LogP contribution in [0.5, 0.6) is 0 Å². The van der Waals surface area contributed by atoms with E-state index in [0.717, 1.165) is 0 Å². The standard InChI is InChI=1S/C18H18N2O6/c21-17(13-7-4-8-23-13)20-12-9-24-16-14(10-25-15(12)16)26-18(22)19-11-5-2-1-3-6-11/h1-8,12,14-16H,9-10H2,(H,19,22)(H,20,21). The number of nitrogens with one attached hydrogen (secondary N) is 2. The molecule has 4 atom stereocenters. The van der Waals surface area contributed by atoms with Crippen LogP contribution in [0.2, 0.25) is 0 Å². The van der Waals surface area contributed by atoms with Crippen LogP contribution >= 0.6 is 0 Å². The van der Waals surface area contributed by atoms with Crippen molar-refractivity contribution in [1.29, 1.82) is 0 Å². The summed E-state index contributed by atoms with van der Waals surface area (Å²) in [5.41, 5.74) is 0.642. The smallest absolute Gasteiger partial charge is 0.412 e. The van der Waals surface area contributed by atoms with Crippen molar-refractivity contribution in [3.63, 3.8) is 0 Å². The number of para-hydroxylation sites is 1. The Morgan fingerprint density at radius 3 is 2.58 bits per heavy atom. The second-order valence-electron chi connectivity index (χ2n) is 6.09. The lowest BCUT2D eigenvalue weighted by molar-refractivity contribution is 0.00860. The Bertz CT molecular complexity index is 763. The first-order valence-corrected chi connectivity index (χ1v) is 8.31. The molecule has 2 N–H and O–H groups in total. The predicted molar refractivity (Wildman–Crippen MR) is 89.8 cm³/mol. The Morgan fingerprint density at radius 1 is 1.00 bits per heavy atom. The number of anilines is 1. The average molecular weight is 358 g/mol. The van der Waals surface area contributed by atoms with E-state index in [0.29, 0.717) is 5.69 Å². The lowest BCUT2D eigenvalue weighted by atomic mass is 10.1. The molecule has 2 aliphatic rings. The van der Waals surface area contributed by atoms with Gasteiger partial charge >= 0.3 is 6.09 Å². The zero-order valence-corrected chi connectivity index (χ0v) is 13.8. The fraction of sp³-hybridized carbons (Fsp3) is 0.333. The van der Waals surface area contributed by atoms with Crippen molar-refractivity contribution in [2.24, 2.45) is 0 Å². The summed E-state index contributed by atoms with van der Waals surface area (Å²) >= 11 is 0. The van der Waals surface area contributed by atoms with Crippen LogP contribution in [0.3, 0.4) is 0 Å². The minimum absolute atomic E-state index is 0.213. The van der Waals surface area contributed by atoms with Gasteiger partial charge in [0.15, 0.2) is 11.9 Å². The molecule has 0 radical (unpaired) electrons. The highest BCUT2D eigenvalue weighted by Gasteiger charge is 2.50. The number of amides is 2. The van der Waals surface area contributed by atoms with Crippen LogP contribution in [0.1, 0.15) is 10.6 Å². The van der Waals surface area contributed by atoms with Crippen LogP contribution in [0, 0.1) is 0 Å². The van der Waals surface area contributed by atoms with Crippen LogP contribution in [-0.4, -0.2) is 49.6 Å². The Labute approximate surface area is 149 Å². The van der Waals surface area contributed by atoms with E-state index >= 15 is 0 Å². The molecule has 2 aromatic rings. The van der Waals surface area contributed by atoms with Gasteiger partial charge in [0.2, 0.25) is 0 Å². The van der Waals surface area contributed by atoms with E-state index in [1.165, 1.54) is 6.26 Å². The van der Waals surface area contributed by atoms with E-state index in [1.54, 1.807) is 24.3 Å². The summed E-state index contributed by atoms with van der Waals surface area (Å²) in [5, 5.41) is 5.48. The molecule has 2 saturated heterocycles. The molecule has 8 nitrogen and oxygen atoms in total. The number of furan rings is 1. The quantitative estimate of drug-likeness (QED) is 0.865. The van der Waals surface area contributed by atoms with Gasteiger partial charge in [-0.3, -0.25) is 10.1 Å². The summed E-state index contributed by atoms with van der Waals surface area (Å²) in [5.74, 6) is -0.111. The van der Waals surface area contributed by atoms with Crippen molar-refractivity contribution in [2.75, 3.05) is 18.5 Å². The van der Waals surface area contributed by atoms with Crippen molar-refractivity contribution in [2.45, 2.75) is 24.4 Å². The molecular formula is C18H18N2O6. The molecule has 0 saturated carbocycles. The van der Waals surface area contributed by atoms with Crippen molar-refractivity contribution in [3.05, 3.63) is 54.5 Å². The highest BCUT2D eigenvalue weighted by Crippen LogP contribution is 2.29. The van der Waals surface area contributed by atoms with Gasteiger partial charge in [0, 0.05) is 5.69 Å². The van der Waals surface area contributed by atoms with Crippen molar-refractivity contribution < 1.29 is 28.2 Å². The third-order valence-electron chi connectivity index (χ3n) is 4.35. The van der Waals surface area contributed by atoms with Gasteiger partial charge in [-0.1, -0.05) is 18.2 Å². The van der Waals surface area contributed by atoms with Gasteiger partial charge in [0.25, 0.3) is 5.91 Å². The van der Waals surface area contributed by atoms with Crippen LogP contribution in [0.25, 0.3) is 0 Å². The zero-order valence-electron chi connectivity index (χ0n) is 13.8. The number of rotatable bonds is 4. The molecule has 4 unspecified atom stereocenters. The van der Waals surface area contributed by atoms with Gasteiger partial charge in [-0.2, -0.15) is 0 Å².